The van der Waals surface area contributed by atoms with Crippen molar-refractivity contribution < 1.29 is 13.9 Å². The van der Waals surface area contributed by atoms with Crippen molar-refractivity contribution in [2.24, 2.45) is 5.92 Å². The Labute approximate surface area is 193 Å². The van der Waals surface area contributed by atoms with Gasteiger partial charge in [0.1, 0.15) is 23.7 Å². The maximum absolute atomic E-state index is 14.4. The van der Waals surface area contributed by atoms with Crippen LogP contribution in [-0.2, 0) is 4.79 Å². The smallest absolute Gasteiger partial charge is 0.227 e. The van der Waals surface area contributed by atoms with E-state index < -0.39 is 0 Å². The van der Waals surface area contributed by atoms with Gasteiger partial charge in [-0.15, -0.1) is 11.3 Å². The molecule has 0 spiro atoms. The van der Waals surface area contributed by atoms with Gasteiger partial charge in [0.2, 0.25) is 5.91 Å². The number of ether oxygens (including phenoxy) is 1. The monoisotopic (exact) mass is 470 g/mol. The Morgan fingerprint density at radius 2 is 2.06 bits per heavy atom. The molecule has 164 valence electrons. The Hall–Kier alpha value is -2.97. The minimum Gasteiger partial charge on any atom is -0.495 e. The van der Waals surface area contributed by atoms with Crippen LogP contribution in [0.3, 0.4) is 0 Å². The molecule has 1 aliphatic rings. The zero-order valence-corrected chi connectivity index (χ0v) is 18.8. The minimum absolute atomic E-state index is 0.0537. The zero-order chi connectivity index (χ0) is 22.2. The molecule has 0 radical (unpaired) electrons. The van der Waals surface area contributed by atoms with E-state index in [1.165, 1.54) is 23.7 Å². The van der Waals surface area contributed by atoms with Gasteiger partial charge in [0, 0.05) is 28.7 Å². The number of piperidine rings is 1. The maximum Gasteiger partial charge on any atom is 0.227 e. The lowest BCUT2D eigenvalue weighted by Gasteiger charge is -2.32. The van der Waals surface area contributed by atoms with Crippen LogP contribution >= 0.6 is 22.9 Å². The molecule has 3 heterocycles. The van der Waals surface area contributed by atoms with Crippen LogP contribution in [-0.4, -0.2) is 36.1 Å². The molecule has 0 bridgehead atoms. The normalized spacial score (nSPS) is 14.8. The molecule has 1 aliphatic heterocycles. The standard InChI is InChI=1S/C23H20ClFN4O2S/c1-31-17-6-5-14(24)11-16(17)28-23(30)13-7-9-29(10-8-13)22-21-20(26-12-27-22)19-15(25)3-2-4-18(19)32-21/h2-6,11-13H,7-10H2,1H3,(H,28,30). The van der Waals surface area contributed by atoms with Crippen LogP contribution in [0.2, 0.25) is 5.02 Å². The number of rotatable bonds is 4. The molecule has 0 atom stereocenters. The number of benzene rings is 2. The molecule has 0 saturated carbocycles. The van der Waals surface area contributed by atoms with E-state index in [-0.39, 0.29) is 17.6 Å². The average Bonchev–Trinajstić information content (AvgIpc) is 3.19. The topological polar surface area (TPSA) is 67.3 Å². The van der Waals surface area contributed by atoms with E-state index in [1.54, 1.807) is 31.4 Å². The summed E-state index contributed by atoms with van der Waals surface area (Å²) in [5, 5.41) is 4.02. The summed E-state index contributed by atoms with van der Waals surface area (Å²) in [7, 11) is 1.56. The predicted molar refractivity (Wildman–Crippen MR) is 126 cm³/mol. The molecule has 1 N–H and O–H groups in total. The van der Waals surface area contributed by atoms with E-state index >= 15 is 0 Å². The zero-order valence-electron chi connectivity index (χ0n) is 17.3. The van der Waals surface area contributed by atoms with Crippen molar-refractivity contribution in [3.8, 4) is 5.75 Å². The molecule has 0 unspecified atom stereocenters. The highest BCUT2D eigenvalue weighted by molar-refractivity contribution is 7.26. The number of methoxy groups -OCH3 is 1. The second kappa shape index (κ2) is 8.52. The van der Waals surface area contributed by atoms with Crippen molar-refractivity contribution in [3.05, 3.63) is 53.6 Å². The van der Waals surface area contributed by atoms with Crippen molar-refractivity contribution in [1.29, 1.82) is 0 Å². The lowest BCUT2D eigenvalue weighted by atomic mass is 9.95. The van der Waals surface area contributed by atoms with Crippen molar-refractivity contribution >= 4 is 60.7 Å². The third-order valence-electron chi connectivity index (χ3n) is 5.79. The molecule has 9 heteroatoms. The number of halogens is 2. The molecule has 1 amide bonds. The number of fused-ring (bicyclic) bond motifs is 3. The number of thiophene rings is 1. The first kappa shape index (κ1) is 20.9. The lowest BCUT2D eigenvalue weighted by molar-refractivity contribution is -0.120. The number of carbonyl (C=O) groups is 1. The van der Waals surface area contributed by atoms with Gasteiger partial charge in [0.15, 0.2) is 0 Å². The van der Waals surface area contributed by atoms with Crippen LogP contribution < -0.4 is 15.0 Å². The van der Waals surface area contributed by atoms with Crippen LogP contribution in [0.15, 0.2) is 42.7 Å². The molecule has 1 saturated heterocycles. The highest BCUT2D eigenvalue weighted by atomic mass is 35.5. The van der Waals surface area contributed by atoms with Gasteiger partial charge in [-0.2, -0.15) is 0 Å². The molecule has 5 rings (SSSR count). The van der Waals surface area contributed by atoms with Crippen molar-refractivity contribution in [1.82, 2.24) is 9.97 Å². The Kier molecular flexibility index (Phi) is 5.57. The van der Waals surface area contributed by atoms with Gasteiger partial charge in [0.25, 0.3) is 0 Å². The second-order valence-corrected chi connectivity index (χ2v) is 9.17. The summed E-state index contributed by atoms with van der Waals surface area (Å²) in [5.41, 5.74) is 1.21. The molecule has 4 aromatic rings. The Morgan fingerprint density at radius 3 is 2.84 bits per heavy atom. The number of nitrogens with one attached hydrogen (secondary N) is 1. The van der Waals surface area contributed by atoms with Crippen LogP contribution in [0.25, 0.3) is 20.3 Å². The van der Waals surface area contributed by atoms with Gasteiger partial charge in [-0.25, -0.2) is 14.4 Å². The largest absolute Gasteiger partial charge is 0.495 e. The molecular weight excluding hydrogens is 451 g/mol. The summed E-state index contributed by atoms with van der Waals surface area (Å²) in [4.78, 5) is 23.9. The number of nitrogens with zero attached hydrogens (tertiary/aromatic N) is 3. The number of amides is 1. The third-order valence-corrected chi connectivity index (χ3v) is 7.17. The van der Waals surface area contributed by atoms with Gasteiger partial charge in [-0.05, 0) is 43.2 Å². The van der Waals surface area contributed by atoms with Crippen LogP contribution in [0.4, 0.5) is 15.9 Å². The first-order valence-electron chi connectivity index (χ1n) is 10.3. The fraction of sp³-hybridized carbons (Fsp3) is 0.261. The molecule has 2 aromatic heterocycles. The molecule has 6 nitrogen and oxygen atoms in total. The van der Waals surface area contributed by atoms with Gasteiger partial charge in [-0.3, -0.25) is 4.79 Å². The Morgan fingerprint density at radius 1 is 1.25 bits per heavy atom. The van der Waals surface area contributed by atoms with Crippen molar-refractivity contribution in [2.45, 2.75) is 12.8 Å². The van der Waals surface area contributed by atoms with Gasteiger partial charge in [-0.1, -0.05) is 17.7 Å². The molecule has 0 aliphatic carbocycles. The van der Waals surface area contributed by atoms with Crippen LogP contribution in [0.5, 0.6) is 5.75 Å². The Bertz CT molecular complexity index is 1320. The first-order chi connectivity index (χ1) is 15.5. The average molecular weight is 471 g/mol. The summed E-state index contributed by atoms with van der Waals surface area (Å²) in [6, 6.07) is 10.2. The third kappa shape index (κ3) is 3.73. The summed E-state index contributed by atoms with van der Waals surface area (Å²) < 4.78 is 21.4. The van der Waals surface area contributed by atoms with Crippen molar-refractivity contribution in [2.75, 3.05) is 30.4 Å². The summed E-state index contributed by atoms with van der Waals surface area (Å²) >= 11 is 7.57. The number of hydrogen-bond acceptors (Lipinski definition) is 6. The van der Waals surface area contributed by atoms with Crippen molar-refractivity contribution in [3.63, 3.8) is 0 Å². The van der Waals surface area contributed by atoms with E-state index in [0.717, 1.165) is 15.2 Å². The highest BCUT2D eigenvalue weighted by Gasteiger charge is 2.28. The van der Waals surface area contributed by atoms with E-state index in [2.05, 4.69) is 20.2 Å². The fourth-order valence-electron chi connectivity index (χ4n) is 4.16. The maximum atomic E-state index is 14.4. The Balaban J connectivity index is 1.33. The summed E-state index contributed by atoms with van der Waals surface area (Å²) in [6.07, 6.45) is 2.85. The fourth-order valence-corrected chi connectivity index (χ4v) is 5.52. The van der Waals surface area contributed by atoms with E-state index in [4.69, 9.17) is 16.3 Å². The quantitative estimate of drug-likeness (QED) is 0.426. The number of anilines is 2. The highest BCUT2D eigenvalue weighted by Crippen LogP contribution is 2.39. The van der Waals surface area contributed by atoms with E-state index in [9.17, 15) is 9.18 Å². The molecular formula is C23H20ClFN4O2S. The number of hydrogen-bond donors (Lipinski definition) is 1. The molecule has 32 heavy (non-hydrogen) atoms. The van der Waals surface area contributed by atoms with Crippen LogP contribution in [0.1, 0.15) is 12.8 Å². The lowest BCUT2D eigenvalue weighted by Crippen LogP contribution is -2.38. The number of carbonyl (C=O) groups excluding carboxylic acids is 1. The van der Waals surface area contributed by atoms with Gasteiger partial charge in [0.05, 0.1) is 28.4 Å². The second-order valence-electron chi connectivity index (χ2n) is 7.69. The molecule has 1 fully saturated rings. The van der Waals surface area contributed by atoms with Gasteiger partial charge >= 0.3 is 0 Å². The summed E-state index contributed by atoms with van der Waals surface area (Å²) in [6.45, 7) is 1.35. The van der Waals surface area contributed by atoms with E-state index in [0.29, 0.717) is 53.3 Å². The van der Waals surface area contributed by atoms with E-state index in [1.807, 2.05) is 6.07 Å². The SMILES string of the molecule is COc1ccc(Cl)cc1NC(=O)C1CCN(c2ncnc3c2sc2cccc(F)c23)CC1. The number of aromatic nitrogens is 2. The minimum atomic E-state index is -0.273. The van der Waals surface area contributed by atoms with Gasteiger partial charge < -0.3 is 15.0 Å². The molecule has 2 aromatic carbocycles. The van der Waals surface area contributed by atoms with Crippen LogP contribution in [0, 0.1) is 11.7 Å². The first-order valence-corrected chi connectivity index (χ1v) is 11.5. The predicted octanol–water partition coefficient (Wildman–Crippen LogP) is 5.50. The summed E-state index contributed by atoms with van der Waals surface area (Å²) in [5.74, 6) is 0.908.